The minimum absolute atomic E-state index is 0.0314. The van der Waals surface area contributed by atoms with Gasteiger partial charge >= 0.3 is 0 Å². The molecule has 0 spiro atoms. The summed E-state index contributed by atoms with van der Waals surface area (Å²) in [6.45, 7) is 0.333. The summed E-state index contributed by atoms with van der Waals surface area (Å²) in [5.74, 6) is -0.757. The van der Waals surface area contributed by atoms with Crippen LogP contribution in [0, 0.1) is 15.9 Å². The highest BCUT2D eigenvalue weighted by molar-refractivity contribution is 6.31. The van der Waals surface area contributed by atoms with Crippen molar-refractivity contribution in [1.82, 2.24) is 5.32 Å². The van der Waals surface area contributed by atoms with Crippen molar-refractivity contribution >= 4 is 28.9 Å². The van der Waals surface area contributed by atoms with Crippen molar-refractivity contribution < 1.29 is 14.1 Å². The lowest BCUT2D eigenvalue weighted by molar-refractivity contribution is -0.384. The lowest BCUT2D eigenvalue weighted by atomic mass is 10.2. The molecule has 2 rings (SSSR count). The molecule has 1 aliphatic carbocycles. The van der Waals surface area contributed by atoms with Crippen LogP contribution in [0.15, 0.2) is 12.1 Å². The van der Waals surface area contributed by atoms with Crippen molar-refractivity contribution in [2.45, 2.75) is 31.7 Å². The van der Waals surface area contributed by atoms with E-state index in [0.29, 0.717) is 25.4 Å². The number of carbonyl (C=O) groups excluding carboxylic acids is 1. The van der Waals surface area contributed by atoms with Gasteiger partial charge in [-0.2, -0.15) is 0 Å². The van der Waals surface area contributed by atoms with E-state index in [1.165, 1.54) is 0 Å². The van der Waals surface area contributed by atoms with Gasteiger partial charge in [-0.25, -0.2) is 4.39 Å². The van der Waals surface area contributed by atoms with Crippen LogP contribution in [0.3, 0.4) is 0 Å². The number of halogens is 2. The second-order valence-corrected chi connectivity index (χ2v) is 5.32. The fourth-order valence-corrected chi connectivity index (χ4v) is 1.99. The summed E-state index contributed by atoms with van der Waals surface area (Å²) < 4.78 is 13.4. The largest absolute Gasteiger partial charge is 0.379 e. The average molecular weight is 316 g/mol. The Bertz CT molecular complexity index is 564. The first-order valence-corrected chi connectivity index (χ1v) is 7.02. The molecule has 0 unspecified atom stereocenters. The van der Waals surface area contributed by atoms with E-state index in [-0.39, 0.29) is 22.3 Å². The van der Waals surface area contributed by atoms with Gasteiger partial charge in [-0.05, 0) is 19.3 Å². The molecule has 0 radical (unpaired) electrons. The summed E-state index contributed by atoms with van der Waals surface area (Å²) in [6.07, 6.45) is 2.88. The molecule has 114 valence electrons. The maximum Gasteiger partial charge on any atom is 0.294 e. The predicted octanol–water partition coefficient (Wildman–Crippen LogP) is 2.86. The molecule has 0 atom stereocenters. The number of benzene rings is 1. The Kier molecular flexibility index (Phi) is 4.95. The molecule has 0 saturated heterocycles. The normalized spacial score (nSPS) is 13.8. The molecule has 1 aromatic carbocycles. The molecule has 1 saturated carbocycles. The number of nitrogens with one attached hydrogen (secondary N) is 2. The molecule has 1 amide bonds. The number of amides is 1. The quantitative estimate of drug-likeness (QED) is 0.460. The van der Waals surface area contributed by atoms with Crippen LogP contribution in [-0.4, -0.2) is 23.4 Å². The first kappa shape index (κ1) is 15.5. The zero-order valence-corrected chi connectivity index (χ0v) is 12.0. The highest BCUT2D eigenvalue weighted by atomic mass is 35.5. The van der Waals surface area contributed by atoms with Gasteiger partial charge in [0.15, 0.2) is 0 Å². The van der Waals surface area contributed by atoms with E-state index in [1.807, 2.05) is 0 Å². The maximum absolute atomic E-state index is 13.4. The molecule has 0 bridgehead atoms. The molecule has 1 aromatic rings. The summed E-state index contributed by atoms with van der Waals surface area (Å²) in [4.78, 5) is 21.7. The maximum atomic E-state index is 13.4. The van der Waals surface area contributed by atoms with Gasteiger partial charge in [0.2, 0.25) is 5.91 Å². The molecule has 6 nitrogen and oxygen atoms in total. The third kappa shape index (κ3) is 4.56. The van der Waals surface area contributed by atoms with E-state index in [0.717, 1.165) is 25.0 Å². The minimum atomic E-state index is -0.726. The third-order valence-corrected chi connectivity index (χ3v) is 3.36. The van der Waals surface area contributed by atoms with Gasteiger partial charge in [0.05, 0.1) is 9.95 Å². The second kappa shape index (κ2) is 6.71. The lowest BCUT2D eigenvalue weighted by Gasteiger charge is -2.08. The number of carbonyl (C=O) groups is 1. The summed E-state index contributed by atoms with van der Waals surface area (Å²) in [5, 5.41) is 16.2. The Hall–Kier alpha value is -1.89. The van der Waals surface area contributed by atoms with Crippen LogP contribution < -0.4 is 10.6 Å². The number of nitrogens with zero attached hydrogens (tertiary/aromatic N) is 1. The standard InChI is InChI=1S/C13H15ClFN3O3/c14-9-6-12(18(20)21)11(7-10(9)15)16-5-1-2-13(19)17-8-3-4-8/h6-8,16H,1-5H2,(H,17,19). The Morgan fingerprint density at radius 3 is 2.81 bits per heavy atom. The van der Waals surface area contributed by atoms with Crippen molar-refractivity contribution in [1.29, 1.82) is 0 Å². The molecule has 0 heterocycles. The minimum Gasteiger partial charge on any atom is -0.379 e. The van der Waals surface area contributed by atoms with Gasteiger partial charge in [-0.1, -0.05) is 11.6 Å². The van der Waals surface area contributed by atoms with Gasteiger partial charge < -0.3 is 10.6 Å². The highest BCUT2D eigenvalue weighted by Crippen LogP contribution is 2.30. The molecule has 8 heteroatoms. The van der Waals surface area contributed by atoms with Gasteiger partial charge in [0, 0.05) is 31.1 Å². The van der Waals surface area contributed by atoms with Crippen LogP contribution >= 0.6 is 11.6 Å². The SMILES string of the molecule is O=C(CCCNc1cc(F)c(Cl)cc1[N+](=O)[O-])NC1CC1. The van der Waals surface area contributed by atoms with Gasteiger partial charge in [0.25, 0.3) is 5.69 Å². The van der Waals surface area contributed by atoms with Crippen molar-refractivity contribution in [3.8, 4) is 0 Å². The van der Waals surface area contributed by atoms with E-state index < -0.39 is 10.7 Å². The monoisotopic (exact) mass is 315 g/mol. The van der Waals surface area contributed by atoms with E-state index in [2.05, 4.69) is 10.6 Å². The fraction of sp³-hybridized carbons (Fsp3) is 0.462. The van der Waals surface area contributed by atoms with E-state index in [4.69, 9.17) is 11.6 Å². The Morgan fingerprint density at radius 1 is 1.48 bits per heavy atom. The van der Waals surface area contributed by atoms with Crippen molar-refractivity contribution in [2.75, 3.05) is 11.9 Å². The zero-order valence-electron chi connectivity index (χ0n) is 11.2. The number of nitro benzene ring substituents is 1. The topological polar surface area (TPSA) is 84.3 Å². The van der Waals surface area contributed by atoms with Crippen molar-refractivity contribution in [3.63, 3.8) is 0 Å². The van der Waals surface area contributed by atoms with Crippen molar-refractivity contribution in [2.24, 2.45) is 0 Å². The molecule has 1 aliphatic rings. The number of hydrogen-bond acceptors (Lipinski definition) is 4. The van der Waals surface area contributed by atoms with E-state index >= 15 is 0 Å². The molecular formula is C13H15ClFN3O3. The van der Waals surface area contributed by atoms with Gasteiger partial charge in [0.1, 0.15) is 11.5 Å². The first-order chi connectivity index (χ1) is 9.97. The van der Waals surface area contributed by atoms with E-state index in [9.17, 15) is 19.3 Å². The highest BCUT2D eigenvalue weighted by Gasteiger charge is 2.22. The van der Waals surface area contributed by atoms with Crippen LogP contribution in [0.25, 0.3) is 0 Å². The smallest absolute Gasteiger partial charge is 0.294 e. The van der Waals surface area contributed by atoms with Crippen molar-refractivity contribution in [3.05, 3.63) is 33.1 Å². The van der Waals surface area contributed by atoms with E-state index in [1.54, 1.807) is 0 Å². The third-order valence-electron chi connectivity index (χ3n) is 3.07. The summed E-state index contributed by atoms with van der Waals surface area (Å²) in [5.41, 5.74) is -0.228. The molecule has 1 fully saturated rings. The van der Waals surface area contributed by atoms with Gasteiger partial charge in [-0.15, -0.1) is 0 Å². The molecule has 2 N–H and O–H groups in total. The first-order valence-electron chi connectivity index (χ1n) is 6.64. The summed E-state index contributed by atoms with van der Waals surface area (Å²) in [7, 11) is 0. The molecule has 21 heavy (non-hydrogen) atoms. The second-order valence-electron chi connectivity index (χ2n) is 4.91. The molecule has 0 aliphatic heterocycles. The number of rotatable bonds is 7. The molecule has 0 aromatic heterocycles. The number of hydrogen-bond donors (Lipinski definition) is 2. The molecular weight excluding hydrogens is 301 g/mol. The summed E-state index contributed by atoms with van der Waals surface area (Å²) >= 11 is 5.53. The van der Waals surface area contributed by atoms with Gasteiger partial charge in [-0.3, -0.25) is 14.9 Å². The average Bonchev–Trinajstić information content (AvgIpc) is 3.21. The van der Waals surface area contributed by atoms with Crippen LogP contribution in [0.2, 0.25) is 5.02 Å². The van der Waals surface area contributed by atoms with Crippen LogP contribution in [0.1, 0.15) is 25.7 Å². The Labute approximate surface area is 125 Å². The fourth-order valence-electron chi connectivity index (χ4n) is 1.83. The van der Waals surface area contributed by atoms with Crippen LogP contribution in [-0.2, 0) is 4.79 Å². The van der Waals surface area contributed by atoms with Crippen LogP contribution in [0.5, 0.6) is 0 Å². The number of nitro groups is 1. The lowest BCUT2D eigenvalue weighted by Crippen LogP contribution is -2.25. The number of anilines is 1. The summed E-state index contributed by atoms with van der Waals surface area (Å²) in [6, 6.07) is 2.28. The predicted molar refractivity (Wildman–Crippen MR) is 77.0 cm³/mol. The van der Waals surface area contributed by atoms with Crippen LogP contribution in [0.4, 0.5) is 15.8 Å². The Morgan fingerprint density at radius 2 is 2.19 bits per heavy atom. The zero-order chi connectivity index (χ0) is 15.4. The Balaban J connectivity index is 1.85.